The van der Waals surface area contributed by atoms with Crippen LogP contribution in [0.25, 0.3) is 16.7 Å². The number of morpholine rings is 1. The molecule has 3 aliphatic heterocycles. The van der Waals surface area contributed by atoms with Crippen LogP contribution in [-0.4, -0.2) is 101 Å². The van der Waals surface area contributed by atoms with Crippen LogP contribution in [0.4, 0.5) is 5.82 Å². The van der Waals surface area contributed by atoms with Gasteiger partial charge in [-0.3, -0.25) is 4.90 Å². The largest absolute Gasteiger partial charge is 0.467 e. The fourth-order valence-electron chi connectivity index (χ4n) is 6.15. The molecular formula is C28H38N6O4. The van der Waals surface area contributed by atoms with E-state index in [1.54, 1.807) is 14.0 Å². The van der Waals surface area contributed by atoms with Gasteiger partial charge in [-0.25, -0.2) is 4.68 Å². The lowest BCUT2D eigenvalue weighted by Crippen LogP contribution is -2.47. The number of fused-ring (bicyclic) bond motifs is 1. The Morgan fingerprint density at radius 3 is 2.61 bits per heavy atom. The number of piperidine rings is 1. The number of nitrogens with zero attached hydrogens (tertiary/aromatic N) is 6. The van der Waals surface area contributed by atoms with Gasteiger partial charge in [-0.05, 0) is 75.4 Å². The summed E-state index contributed by atoms with van der Waals surface area (Å²) in [6.45, 7) is 9.73. The third-order valence-electron chi connectivity index (χ3n) is 8.38. The quantitative estimate of drug-likeness (QED) is 0.524. The van der Waals surface area contributed by atoms with Crippen molar-refractivity contribution in [2.75, 3.05) is 58.0 Å². The van der Waals surface area contributed by atoms with E-state index < -0.39 is 6.10 Å². The number of hydrogen-bond acceptors (Lipinski definition) is 9. The second kappa shape index (κ2) is 10.8. The first-order valence-electron chi connectivity index (χ1n) is 13.8. The lowest BCUT2D eigenvalue weighted by Gasteiger charge is -2.36. The second-order valence-electron chi connectivity index (χ2n) is 10.8. The second-order valence-corrected chi connectivity index (χ2v) is 10.8. The van der Waals surface area contributed by atoms with Crippen LogP contribution >= 0.6 is 0 Å². The number of anilines is 1. The highest BCUT2D eigenvalue weighted by molar-refractivity contribution is 5.82. The van der Waals surface area contributed by atoms with Crippen molar-refractivity contribution < 1.29 is 19.3 Å². The van der Waals surface area contributed by atoms with Gasteiger partial charge in [0.25, 0.3) is 0 Å². The highest BCUT2D eigenvalue weighted by Gasteiger charge is 2.30. The van der Waals surface area contributed by atoms with E-state index in [2.05, 4.69) is 38.8 Å². The molecule has 3 atom stereocenters. The molecular weight excluding hydrogens is 484 g/mol. The van der Waals surface area contributed by atoms with Crippen molar-refractivity contribution >= 4 is 16.7 Å². The zero-order valence-corrected chi connectivity index (χ0v) is 22.5. The molecule has 3 aliphatic rings. The first-order chi connectivity index (χ1) is 18.5. The van der Waals surface area contributed by atoms with Gasteiger partial charge < -0.3 is 24.2 Å². The number of aliphatic hydroxyl groups excluding tert-OH is 1. The Morgan fingerprint density at radius 1 is 1.05 bits per heavy atom. The zero-order valence-electron chi connectivity index (χ0n) is 22.5. The van der Waals surface area contributed by atoms with Crippen molar-refractivity contribution in [3.63, 3.8) is 0 Å². The number of hydrogen-bond donors (Lipinski definition) is 1. The standard InChI is InChI=1S/C28H38N6O4/c1-18-12-21-15-29-34(24(21)13-23(18)20-4-7-32(8-5-20)22-6-10-37-17-22)27-14-26(30-28(31-27)36-3)33-9-11-38-25(16-33)19(2)35/h12-15,19-20,22,25,35H,4-11,16-17H2,1-3H3. The van der Waals surface area contributed by atoms with E-state index in [1.165, 1.54) is 11.1 Å². The van der Waals surface area contributed by atoms with Gasteiger partial charge in [0.05, 0.1) is 38.1 Å². The summed E-state index contributed by atoms with van der Waals surface area (Å²) in [7, 11) is 1.58. The van der Waals surface area contributed by atoms with E-state index in [0.29, 0.717) is 37.5 Å². The van der Waals surface area contributed by atoms with Crippen LogP contribution < -0.4 is 9.64 Å². The molecule has 0 saturated carbocycles. The number of likely N-dealkylation sites (tertiary alicyclic amines) is 1. The fraction of sp³-hybridized carbons (Fsp3) is 0.607. The minimum Gasteiger partial charge on any atom is -0.467 e. The molecule has 10 heteroatoms. The molecule has 38 heavy (non-hydrogen) atoms. The van der Waals surface area contributed by atoms with Gasteiger partial charge in [-0.15, -0.1) is 0 Å². The SMILES string of the molecule is COc1nc(N2CCOC(C(C)O)C2)cc(-n2ncc3cc(C)c(C4CCN(C5CCOC5)CC4)cc32)n1. The zero-order chi connectivity index (χ0) is 26.2. The van der Waals surface area contributed by atoms with Gasteiger partial charge >= 0.3 is 6.01 Å². The number of benzene rings is 1. The average molecular weight is 523 g/mol. The van der Waals surface area contributed by atoms with Gasteiger partial charge in [0.1, 0.15) is 11.9 Å². The van der Waals surface area contributed by atoms with Crippen LogP contribution in [0.2, 0.25) is 0 Å². The van der Waals surface area contributed by atoms with Gasteiger partial charge in [0, 0.05) is 37.2 Å². The van der Waals surface area contributed by atoms with Gasteiger partial charge in [-0.2, -0.15) is 15.1 Å². The summed E-state index contributed by atoms with van der Waals surface area (Å²) >= 11 is 0. The van der Waals surface area contributed by atoms with E-state index in [4.69, 9.17) is 19.3 Å². The molecule has 0 bridgehead atoms. The van der Waals surface area contributed by atoms with Crippen molar-refractivity contribution in [1.82, 2.24) is 24.6 Å². The van der Waals surface area contributed by atoms with Crippen molar-refractivity contribution in [1.29, 1.82) is 0 Å². The maximum atomic E-state index is 10.1. The highest BCUT2D eigenvalue weighted by atomic mass is 16.5. The monoisotopic (exact) mass is 522 g/mol. The van der Waals surface area contributed by atoms with Crippen LogP contribution in [0.5, 0.6) is 6.01 Å². The maximum Gasteiger partial charge on any atom is 0.320 e. The van der Waals surface area contributed by atoms with E-state index in [9.17, 15) is 5.11 Å². The summed E-state index contributed by atoms with van der Waals surface area (Å²) in [4.78, 5) is 14.0. The van der Waals surface area contributed by atoms with Crippen LogP contribution in [-0.2, 0) is 9.47 Å². The normalized spacial score (nSPS) is 24.3. The highest BCUT2D eigenvalue weighted by Crippen LogP contribution is 2.35. The Morgan fingerprint density at radius 2 is 1.87 bits per heavy atom. The molecule has 10 nitrogen and oxygen atoms in total. The predicted octanol–water partition coefficient (Wildman–Crippen LogP) is 2.69. The molecule has 1 aromatic carbocycles. The number of methoxy groups -OCH3 is 1. The Balaban J connectivity index is 1.29. The van der Waals surface area contributed by atoms with Crippen LogP contribution in [0.1, 0.15) is 43.2 Å². The molecule has 6 rings (SSSR count). The molecule has 0 aliphatic carbocycles. The molecule has 2 aromatic heterocycles. The number of aromatic nitrogens is 4. The summed E-state index contributed by atoms with van der Waals surface area (Å²) < 4.78 is 18.7. The predicted molar refractivity (Wildman–Crippen MR) is 144 cm³/mol. The number of rotatable bonds is 6. The van der Waals surface area contributed by atoms with Crippen molar-refractivity contribution in [3.05, 3.63) is 35.5 Å². The molecule has 1 N–H and O–H groups in total. The number of aliphatic hydroxyl groups is 1. The molecule has 3 saturated heterocycles. The molecule has 0 spiro atoms. The number of ether oxygens (including phenoxy) is 3. The molecule has 3 unspecified atom stereocenters. The van der Waals surface area contributed by atoms with E-state index >= 15 is 0 Å². The Hall–Kier alpha value is -2.79. The lowest BCUT2D eigenvalue weighted by atomic mass is 9.86. The van der Waals surface area contributed by atoms with Crippen LogP contribution in [0, 0.1) is 6.92 Å². The third kappa shape index (κ3) is 4.98. The smallest absolute Gasteiger partial charge is 0.320 e. The molecule has 0 amide bonds. The van der Waals surface area contributed by atoms with Gasteiger partial charge in [-0.1, -0.05) is 0 Å². The molecule has 3 fully saturated rings. The van der Waals surface area contributed by atoms with E-state index in [1.807, 2.05) is 16.9 Å². The number of aryl methyl sites for hydroxylation is 1. The topological polar surface area (TPSA) is 98.0 Å². The van der Waals surface area contributed by atoms with Crippen molar-refractivity contribution in [2.24, 2.45) is 0 Å². The first-order valence-corrected chi connectivity index (χ1v) is 13.8. The third-order valence-corrected chi connectivity index (χ3v) is 8.38. The van der Waals surface area contributed by atoms with Crippen molar-refractivity contribution in [2.45, 2.75) is 57.3 Å². The summed E-state index contributed by atoms with van der Waals surface area (Å²) in [6.07, 6.45) is 4.55. The average Bonchev–Trinajstić information content (AvgIpc) is 3.63. The van der Waals surface area contributed by atoms with Crippen LogP contribution in [0.3, 0.4) is 0 Å². The Bertz CT molecular complexity index is 1270. The Labute approximate surface area is 223 Å². The molecule has 5 heterocycles. The lowest BCUT2D eigenvalue weighted by molar-refractivity contribution is -0.0366. The minimum absolute atomic E-state index is 0.267. The van der Waals surface area contributed by atoms with Gasteiger partial charge in [0.2, 0.25) is 0 Å². The minimum atomic E-state index is -0.559. The van der Waals surface area contributed by atoms with E-state index in [0.717, 1.165) is 62.3 Å². The van der Waals surface area contributed by atoms with Crippen molar-refractivity contribution in [3.8, 4) is 11.8 Å². The summed E-state index contributed by atoms with van der Waals surface area (Å²) in [5, 5.41) is 15.9. The Kier molecular flexibility index (Phi) is 7.22. The molecule has 204 valence electrons. The fourth-order valence-corrected chi connectivity index (χ4v) is 6.15. The van der Waals surface area contributed by atoms with Gasteiger partial charge in [0.15, 0.2) is 5.82 Å². The summed E-state index contributed by atoms with van der Waals surface area (Å²) in [5.41, 5.74) is 3.75. The summed E-state index contributed by atoms with van der Waals surface area (Å²) in [5.74, 6) is 1.93. The van der Waals surface area contributed by atoms with Crippen LogP contribution in [0.15, 0.2) is 24.4 Å². The molecule has 0 radical (unpaired) electrons. The molecule has 3 aromatic rings. The van der Waals surface area contributed by atoms with E-state index in [-0.39, 0.29) is 12.1 Å². The maximum absolute atomic E-state index is 10.1. The summed E-state index contributed by atoms with van der Waals surface area (Å²) in [6, 6.07) is 7.38. The first kappa shape index (κ1) is 25.5.